The number of rotatable bonds is 7. The van der Waals surface area contributed by atoms with Crippen LogP contribution in [0.1, 0.15) is 18.0 Å². The molecule has 2 aromatic carbocycles. The number of thioether (sulfide) groups is 1. The van der Waals surface area contributed by atoms with E-state index in [4.69, 9.17) is 23.2 Å². The van der Waals surface area contributed by atoms with E-state index in [9.17, 15) is 23.1 Å². The lowest BCUT2D eigenvalue weighted by Gasteiger charge is -2.25. The standard InChI is InChI=1S/C19H18Cl2N2O5S2/c20-13-6-14(21)8-15(7-13)30(27,28)23-11-29-10-17(23)19(26)22-16(9-18(24)25)12-4-2-1-3-5-12/h1-8,16-17H,9-11H2,(H,22,26)(H,24,25)/t16-,17+/m1/s1. The third-order valence-corrected chi connectivity index (χ3v) is 7.93. The highest BCUT2D eigenvalue weighted by Gasteiger charge is 2.41. The summed E-state index contributed by atoms with van der Waals surface area (Å²) in [6.45, 7) is 0. The summed E-state index contributed by atoms with van der Waals surface area (Å²) in [4.78, 5) is 24.1. The highest BCUT2D eigenvalue weighted by molar-refractivity contribution is 8.00. The molecule has 1 fully saturated rings. The fraction of sp³-hybridized carbons (Fsp3) is 0.263. The molecule has 2 N–H and O–H groups in total. The molecule has 0 aromatic heterocycles. The molecule has 3 rings (SSSR count). The number of carbonyl (C=O) groups is 2. The van der Waals surface area contributed by atoms with Gasteiger partial charge in [0.1, 0.15) is 6.04 Å². The second-order valence-corrected chi connectivity index (χ2v) is 10.3. The third-order valence-electron chi connectivity index (χ3n) is 4.48. The van der Waals surface area contributed by atoms with E-state index in [1.54, 1.807) is 30.3 Å². The van der Waals surface area contributed by atoms with Gasteiger partial charge in [-0.1, -0.05) is 53.5 Å². The number of hydrogen-bond donors (Lipinski definition) is 2. The fourth-order valence-corrected chi connectivity index (χ4v) is 6.94. The van der Waals surface area contributed by atoms with Crippen LogP contribution >= 0.6 is 35.0 Å². The highest BCUT2D eigenvalue weighted by atomic mass is 35.5. The molecule has 0 aliphatic carbocycles. The van der Waals surface area contributed by atoms with Crippen molar-refractivity contribution in [1.29, 1.82) is 0 Å². The van der Waals surface area contributed by atoms with Crippen molar-refractivity contribution in [3.05, 3.63) is 64.1 Å². The first-order valence-electron chi connectivity index (χ1n) is 8.81. The number of sulfonamides is 1. The van der Waals surface area contributed by atoms with Crippen LogP contribution in [0.4, 0.5) is 0 Å². The van der Waals surface area contributed by atoms with Gasteiger partial charge in [0.05, 0.1) is 23.2 Å². The predicted molar refractivity (Wildman–Crippen MR) is 116 cm³/mol. The summed E-state index contributed by atoms with van der Waals surface area (Å²) in [5.41, 5.74) is 0.620. The number of amides is 1. The van der Waals surface area contributed by atoms with Gasteiger partial charge >= 0.3 is 5.97 Å². The molecule has 2 aromatic rings. The van der Waals surface area contributed by atoms with Crippen molar-refractivity contribution in [3.63, 3.8) is 0 Å². The van der Waals surface area contributed by atoms with Gasteiger partial charge in [-0.25, -0.2) is 8.42 Å². The minimum absolute atomic E-state index is 0.0828. The Kier molecular flexibility index (Phi) is 7.30. The SMILES string of the molecule is O=C(O)C[C@@H](NC(=O)[C@@H]1CSCN1S(=O)(=O)c1cc(Cl)cc(Cl)c1)c1ccccc1. The van der Waals surface area contributed by atoms with Crippen LogP contribution in [-0.4, -0.2) is 47.4 Å². The van der Waals surface area contributed by atoms with Gasteiger partial charge < -0.3 is 10.4 Å². The number of carboxylic acid groups (broad SMARTS) is 1. The second-order valence-electron chi connectivity index (χ2n) is 6.58. The molecule has 1 saturated heterocycles. The van der Waals surface area contributed by atoms with E-state index in [1.165, 1.54) is 30.0 Å². The van der Waals surface area contributed by atoms with Crippen molar-refractivity contribution in [3.8, 4) is 0 Å². The summed E-state index contributed by atoms with van der Waals surface area (Å²) in [5, 5.41) is 12.2. The van der Waals surface area contributed by atoms with Crippen molar-refractivity contribution < 1.29 is 23.1 Å². The van der Waals surface area contributed by atoms with Crippen molar-refractivity contribution in [2.24, 2.45) is 0 Å². The number of nitrogens with zero attached hydrogens (tertiary/aromatic N) is 1. The van der Waals surface area contributed by atoms with Crippen molar-refractivity contribution in [1.82, 2.24) is 9.62 Å². The monoisotopic (exact) mass is 488 g/mol. The average Bonchev–Trinajstić information content (AvgIpc) is 3.18. The largest absolute Gasteiger partial charge is 0.481 e. The van der Waals surface area contributed by atoms with E-state index in [-0.39, 0.29) is 33.0 Å². The molecule has 1 amide bonds. The Labute approximate surface area is 188 Å². The third kappa shape index (κ3) is 5.28. The molecule has 1 heterocycles. The van der Waals surface area contributed by atoms with E-state index in [0.717, 1.165) is 4.31 Å². The second kappa shape index (κ2) is 9.57. The van der Waals surface area contributed by atoms with Gasteiger partial charge in [-0.3, -0.25) is 9.59 Å². The van der Waals surface area contributed by atoms with E-state index in [1.807, 2.05) is 0 Å². The van der Waals surface area contributed by atoms with Gasteiger partial charge in [-0.2, -0.15) is 4.31 Å². The maximum atomic E-state index is 13.1. The van der Waals surface area contributed by atoms with Gasteiger partial charge in [0.15, 0.2) is 0 Å². The fourth-order valence-electron chi connectivity index (χ4n) is 3.06. The van der Waals surface area contributed by atoms with Gasteiger partial charge in [-0.15, -0.1) is 11.8 Å². The van der Waals surface area contributed by atoms with Crippen LogP contribution in [0.15, 0.2) is 53.4 Å². The molecule has 2 atom stereocenters. The first kappa shape index (κ1) is 22.9. The summed E-state index contributed by atoms with van der Waals surface area (Å²) >= 11 is 13.2. The highest BCUT2D eigenvalue weighted by Crippen LogP contribution is 2.31. The summed E-state index contributed by atoms with van der Waals surface area (Å²) in [7, 11) is -4.03. The number of carbonyl (C=O) groups excluding carboxylic acids is 1. The van der Waals surface area contributed by atoms with Gasteiger partial charge in [0.25, 0.3) is 0 Å². The molecule has 30 heavy (non-hydrogen) atoms. The van der Waals surface area contributed by atoms with Crippen LogP contribution in [-0.2, 0) is 19.6 Å². The number of carboxylic acids is 1. The van der Waals surface area contributed by atoms with E-state index < -0.39 is 34.0 Å². The Morgan fingerprint density at radius 2 is 1.80 bits per heavy atom. The Balaban J connectivity index is 1.85. The minimum Gasteiger partial charge on any atom is -0.481 e. The van der Waals surface area contributed by atoms with Gasteiger partial charge in [0.2, 0.25) is 15.9 Å². The zero-order valence-electron chi connectivity index (χ0n) is 15.5. The van der Waals surface area contributed by atoms with E-state index >= 15 is 0 Å². The van der Waals surface area contributed by atoms with Gasteiger partial charge in [-0.05, 0) is 23.8 Å². The molecule has 0 spiro atoms. The minimum atomic E-state index is -4.03. The number of hydrogen-bond acceptors (Lipinski definition) is 5. The normalized spacial score (nSPS) is 18.1. The average molecular weight is 489 g/mol. The van der Waals surface area contributed by atoms with Crippen molar-refractivity contribution >= 4 is 56.9 Å². The lowest BCUT2D eigenvalue weighted by molar-refractivity contribution is -0.137. The molecule has 160 valence electrons. The first-order chi connectivity index (χ1) is 14.2. The van der Waals surface area contributed by atoms with Crippen LogP contribution in [0.2, 0.25) is 10.0 Å². The molecular formula is C19H18Cl2N2O5S2. The molecule has 0 saturated carbocycles. The van der Waals surface area contributed by atoms with Crippen LogP contribution in [0.3, 0.4) is 0 Å². The summed E-state index contributed by atoms with van der Waals surface area (Å²) < 4.78 is 27.3. The lowest BCUT2D eigenvalue weighted by atomic mass is 10.0. The number of aliphatic carboxylic acids is 1. The smallest absolute Gasteiger partial charge is 0.305 e. The summed E-state index contributed by atoms with van der Waals surface area (Å²) in [6, 6.07) is 10.9. The molecule has 1 aliphatic heterocycles. The number of benzene rings is 2. The first-order valence-corrected chi connectivity index (χ1v) is 12.2. The van der Waals surface area contributed by atoms with E-state index in [2.05, 4.69) is 5.32 Å². The lowest BCUT2D eigenvalue weighted by Crippen LogP contribution is -2.48. The molecular weight excluding hydrogens is 471 g/mol. The predicted octanol–water partition coefficient (Wildman–Crippen LogP) is 3.39. The Morgan fingerprint density at radius 3 is 2.40 bits per heavy atom. The van der Waals surface area contributed by atoms with Gasteiger partial charge in [0, 0.05) is 15.8 Å². The topological polar surface area (TPSA) is 104 Å². The van der Waals surface area contributed by atoms with Crippen LogP contribution in [0, 0.1) is 0 Å². The number of nitrogens with one attached hydrogen (secondary N) is 1. The zero-order valence-corrected chi connectivity index (χ0v) is 18.6. The van der Waals surface area contributed by atoms with Crippen LogP contribution in [0.5, 0.6) is 0 Å². The quantitative estimate of drug-likeness (QED) is 0.618. The Bertz CT molecular complexity index is 1030. The molecule has 0 unspecified atom stereocenters. The van der Waals surface area contributed by atoms with Crippen LogP contribution < -0.4 is 5.32 Å². The molecule has 7 nitrogen and oxygen atoms in total. The molecule has 1 aliphatic rings. The molecule has 11 heteroatoms. The van der Waals surface area contributed by atoms with E-state index in [0.29, 0.717) is 5.56 Å². The summed E-state index contributed by atoms with van der Waals surface area (Å²) in [5.74, 6) is -1.32. The maximum absolute atomic E-state index is 13.1. The molecule has 0 bridgehead atoms. The van der Waals surface area contributed by atoms with Crippen molar-refractivity contribution in [2.75, 3.05) is 11.6 Å². The van der Waals surface area contributed by atoms with Crippen molar-refractivity contribution in [2.45, 2.75) is 23.4 Å². The van der Waals surface area contributed by atoms with Crippen LogP contribution in [0.25, 0.3) is 0 Å². The number of halogens is 2. The molecule has 0 radical (unpaired) electrons. The maximum Gasteiger partial charge on any atom is 0.305 e. The Hall–Kier alpha value is -1.78. The zero-order chi connectivity index (χ0) is 21.9. The Morgan fingerprint density at radius 1 is 1.17 bits per heavy atom. The summed E-state index contributed by atoms with van der Waals surface area (Å²) in [6.07, 6.45) is -0.327.